The Kier molecular flexibility index (Phi) is 21.1. The van der Waals surface area contributed by atoms with Crippen molar-refractivity contribution in [2.24, 2.45) is 0 Å². The van der Waals surface area contributed by atoms with Crippen LogP contribution in [-0.2, 0) is 19.1 Å². The highest BCUT2D eigenvalue weighted by Crippen LogP contribution is 2.10. The van der Waals surface area contributed by atoms with Crippen molar-refractivity contribution >= 4 is 11.9 Å². The maximum Gasteiger partial charge on any atom is 0.333 e. The van der Waals surface area contributed by atoms with Crippen LogP contribution < -0.4 is 0 Å². The van der Waals surface area contributed by atoms with E-state index in [0.29, 0.717) is 17.8 Å². The van der Waals surface area contributed by atoms with Crippen LogP contribution in [0.2, 0.25) is 0 Å². The van der Waals surface area contributed by atoms with Gasteiger partial charge >= 0.3 is 11.9 Å². The van der Waals surface area contributed by atoms with Crippen molar-refractivity contribution < 1.29 is 24.2 Å². The van der Waals surface area contributed by atoms with Crippen LogP contribution in [0.25, 0.3) is 0 Å². The summed E-state index contributed by atoms with van der Waals surface area (Å²) in [6, 6.07) is 0. The highest BCUT2D eigenvalue weighted by Gasteiger charge is 2.01. The van der Waals surface area contributed by atoms with Crippen LogP contribution in [-0.4, -0.2) is 36.9 Å². The van der Waals surface area contributed by atoms with Gasteiger partial charge in [-0.25, -0.2) is 9.59 Å². The minimum atomic E-state index is -0.455. The van der Waals surface area contributed by atoms with Gasteiger partial charge in [0.15, 0.2) is 0 Å². The van der Waals surface area contributed by atoms with Gasteiger partial charge in [0, 0.05) is 11.1 Å². The van der Waals surface area contributed by atoms with E-state index in [0.717, 1.165) is 6.42 Å². The zero-order valence-corrected chi connectivity index (χ0v) is 17.7. The van der Waals surface area contributed by atoms with Crippen LogP contribution in [0.5, 0.6) is 0 Å². The largest absolute Gasteiger partial charge is 0.462 e. The van der Waals surface area contributed by atoms with E-state index in [1.165, 1.54) is 57.8 Å². The third-order valence-corrected chi connectivity index (χ3v) is 3.75. The second-order valence-electron chi connectivity index (χ2n) is 6.74. The minimum Gasteiger partial charge on any atom is -0.462 e. The molecule has 158 valence electrons. The molecule has 0 aromatic rings. The number of aliphatic hydroxyl groups is 1. The third-order valence-electron chi connectivity index (χ3n) is 3.75. The second kappa shape index (κ2) is 20.7. The zero-order valence-electron chi connectivity index (χ0n) is 17.7. The summed E-state index contributed by atoms with van der Waals surface area (Å²) >= 11 is 0. The molecule has 0 aliphatic carbocycles. The Balaban J connectivity index is 0. The van der Waals surface area contributed by atoms with Gasteiger partial charge in [-0.15, -0.1) is 0 Å². The van der Waals surface area contributed by atoms with E-state index in [-0.39, 0.29) is 19.2 Å². The molecule has 0 aromatic carbocycles. The fraction of sp³-hybridized carbons (Fsp3) is 0.727. The van der Waals surface area contributed by atoms with Gasteiger partial charge in [-0.05, 0) is 20.3 Å². The maximum atomic E-state index is 11.1. The van der Waals surface area contributed by atoms with Gasteiger partial charge in [0.1, 0.15) is 6.61 Å². The van der Waals surface area contributed by atoms with Crippen LogP contribution in [0.15, 0.2) is 24.3 Å². The van der Waals surface area contributed by atoms with Crippen molar-refractivity contribution in [2.45, 2.75) is 85.0 Å². The zero-order chi connectivity index (χ0) is 20.9. The Bertz CT molecular complexity index is 415. The number of carbonyl (C=O) groups excluding carboxylic acids is 2. The first kappa shape index (κ1) is 27.6. The normalized spacial score (nSPS) is 9.78. The van der Waals surface area contributed by atoms with Crippen LogP contribution in [0.3, 0.4) is 0 Å². The van der Waals surface area contributed by atoms with Gasteiger partial charge in [0.05, 0.1) is 13.2 Å². The van der Waals surface area contributed by atoms with Crippen LogP contribution in [0.1, 0.15) is 85.0 Å². The SMILES string of the molecule is C=C(C)C(=O)OCCCCCCCCCCCC.C=C(C)C(=O)OCCO. The molecular formula is C22H40O5. The van der Waals surface area contributed by atoms with E-state index < -0.39 is 5.97 Å². The molecule has 0 radical (unpaired) electrons. The average Bonchev–Trinajstić information content (AvgIpc) is 2.64. The third kappa shape index (κ3) is 22.3. The predicted molar refractivity (Wildman–Crippen MR) is 110 cm³/mol. The molecule has 0 aliphatic rings. The molecule has 0 aromatic heterocycles. The Morgan fingerprint density at radius 1 is 0.704 bits per heavy atom. The molecule has 0 spiro atoms. The maximum absolute atomic E-state index is 11.1. The molecule has 0 saturated heterocycles. The van der Waals surface area contributed by atoms with Crippen molar-refractivity contribution in [1.29, 1.82) is 0 Å². The molecule has 0 aliphatic heterocycles. The van der Waals surface area contributed by atoms with Crippen LogP contribution in [0.4, 0.5) is 0 Å². The Labute approximate surface area is 165 Å². The van der Waals surface area contributed by atoms with Gasteiger partial charge in [-0.2, -0.15) is 0 Å². The number of carbonyl (C=O) groups is 2. The molecule has 0 unspecified atom stereocenters. The molecule has 0 atom stereocenters. The molecule has 0 saturated carbocycles. The number of unbranched alkanes of at least 4 members (excludes halogenated alkanes) is 9. The smallest absolute Gasteiger partial charge is 0.333 e. The highest BCUT2D eigenvalue weighted by atomic mass is 16.5. The number of hydrogen-bond donors (Lipinski definition) is 1. The van der Waals surface area contributed by atoms with E-state index in [1.807, 2.05) is 0 Å². The van der Waals surface area contributed by atoms with E-state index in [9.17, 15) is 9.59 Å². The fourth-order valence-electron chi connectivity index (χ4n) is 2.14. The van der Waals surface area contributed by atoms with Crippen molar-refractivity contribution in [1.82, 2.24) is 0 Å². The van der Waals surface area contributed by atoms with Gasteiger partial charge in [0.25, 0.3) is 0 Å². The van der Waals surface area contributed by atoms with Crippen molar-refractivity contribution in [3.8, 4) is 0 Å². The molecule has 0 rings (SSSR count). The molecular weight excluding hydrogens is 344 g/mol. The summed E-state index contributed by atoms with van der Waals surface area (Å²) in [5.74, 6) is -0.713. The van der Waals surface area contributed by atoms with E-state index in [4.69, 9.17) is 9.84 Å². The lowest BCUT2D eigenvalue weighted by atomic mass is 10.1. The summed E-state index contributed by atoms with van der Waals surface area (Å²) in [7, 11) is 0. The average molecular weight is 385 g/mol. The first-order valence-electron chi connectivity index (χ1n) is 10.1. The Morgan fingerprint density at radius 3 is 1.44 bits per heavy atom. The Morgan fingerprint density at radius 2 is 1.07 bits per heavy atom. The molecule has 27 heavy (non-hydrogen) atoms. The van der Waals surface area contributed by atoms with Gasteiger partial charge in [-0.3, -0.25) is 0 Å². The summed E-state index contributed by atoms with van der Waals surface area (Å²) in [6.07, 6.45) is 13.0. The molecule has 5 heteroatoms. The first-order chi connectivity index (χ1) is 12.9. The van der Waals surface area contributed by atoms with E-state index >= 15 is 0 Å². The summed E-state index contributed by atoms with van der Waals surface area (Å²) in [6.45, 7) is 12.8. The summed E-state index contributed by atoms with van der Waals surface area (Å²) < 4.78 is 9.50. The van der Waals surface area contributed by atoms with Crippen molar-refractivity contribution in [3.05, 3.63) is 24.3 Å². The van der Waals surface area contributed by atoms with Gasteiger partial charge < -0.3 is 14.6 Å². The van der Waals surface area contributed by atoms with E-state index in [1.54, 1.807) is 13.8 Å². The monoisotopic (exact) mass is 384 g/mol. The first-order valence-corrected chi connectivity index (χ1v) is 10.1. The summed E-state index contributed by atoms with van der Waals surface area (Å²) in [5.41, 5.74) is 0.838. The Hall–Kier alpha value is -1.62. The highest BCUT2D eigenvalue weighted by molar-refractivity contribution is 5.87. The number of esters is 2. The fourth-order valence-corrected chi connectivity index (χ4v) is 2.14. The lowest BCUT2D eigenvalue weighted by Gasteiger charge is -2.04. The number of hydrogen-bond acceptors (Lipinski definition) is 5. The molecule has 5 nitrogen and oxygen atoms in total. The topological polar surface area (TPSA) is 72.8 Å². The minimum absolute atomic E-state index is 0.0473. The number of aliphatic hydroxyl groups excluding tert-OH is 1. The standard InChI is InChI=1S/C16H30O2.C6H10O3/c1-4-5-6-7-8-9-10-11-12-13-14-18-16(17)15(2)3;1-5(2)6(8)9-4-3-7/h2,4-14H2,1,3H3;7H,1,3-4H2,2H3. The number of rotatable bonds is 15. The van der Waals surface area contributed by atoms with Gasteiger partial charge in [0.2, 0.25) is 0 Å². The lowest BCUT2D eigenvalue weighted by Crippen LogP contribution is -2.08. The second-order valence-corrected chi connectivity index (χ2v) is 6.74. The molecule has 1 N–H and O–H groups in total. The number of ether oxygens (including phenoxy) is 2. The summed E-state index contributed by atoms with van der Waals surface area (Å²) in [5, 5.41) is 8.19. The van der Waals surface area contributed by atoms with Crippen LogP contribution in [0, 0.1) is 0 Å². The van der Waals surface area contributed by atoms with Crippen molar-refractivity contribution in [2.75, 3.05) is 19.8 Å². The predicted octanol–water partition coefficient (Wildman–Crippen LogP) is 5.12. The van der Waals surface area contributed by atoms with Gasteiger partial charge in [-0.1, -0.05) is 77.9 Å². The van der Waals surface area contributed by atoms with Crippen LogP contribution >= 0.6 is 0 Å². The summed E-state index contributed by atoms with van der Waals surface area (Å²) in [4.78, 5) is 21.6. The van der Waals surface area contributed by atoms with E-state index in [2.05, 4.69) is 24.8 Å². The molecule has 0 fully saturated rings. The molecule has 0 bridgehead atoms. The lowest BCUT2D eigenvalue weighted by molar-refractivity contribution is -0.140. The quantitative estimate of drug-likeness (QED) is 0.241. The molecule has 0 amide bonds. The van der Waals surface area contributed by atoms with Crippen molar-refractivity contribution in [3.63, 3.8) is 0 Å². The molecule has 0 heterocycles.